The first-order chi connectivity index (χ1) is 9.54. The van der Waals surface area contributed by atoms with Gasteiger partial charge in [-0.05, 0) is 17.7 Å². The van der Waals surface area contributed by atoms with Crippen LogP contribution in [0.5, 0.6) is 5.75 Å². The first-order valence-electron chi connectivity index (χ1n) is 5.66. The zero-order valence-corrected chi connectivity index (χ0v) is 16.7. The number of benzene rings is 2. The second kappa shape index (κ2) is 12.7. The van der Waals surface area contributed by atoms with Crippen molar-refractivity contribution >= 4 is 11.9 Å². The van der Waals surface area contributed by atoms with Crippen LogP contribution in [-0.2, 0) is 4.74 Å². The van der Waals surface area contributed by atoms with E-state index in [2.05, 4.69) is 4.74 Å². The normalized spacial score (nSPS) is 8.23. The molecule has 0 unspecified atom stereocenters. The summed E-state index contributed by atoms with van der Waals surface area (Å²) in [5.41, 5.74) is 0.615. The van der Waals surface area contributed by atoms with Crippen LogP contribution in [0.3, 0.4) is 0 Å². The van der Waals surface area contributed by atoms with Gasteiger partial charge in [0.15, 0.2) is 0 Å². The van der Waals surface area contributed by atoms with Crippen LogP contribution in [0, 0.1) is 0 Å². The number of esters is 1. The van der Waals surface area contributed by atoms with Crippen LogP contribution in [0.4, 0.5) is 0 Å². The van der Waals surface area contributed by atoms with Crippen molar-refractivity contribution in [2.75, 3.05) is 7.11 Å². The zero-order valence-electron chi connectivity index (χ0n) is 12.7. The summed E-state index contributed by atoms with van der Waals surface area (Å²) in [6.45, 7) is 0. The molecule has 2 aromatic rings. The predicted octanol–water partition coefficient (Wildman–Crippen LogP) is -5.40. The minimum absolute atomic E-state index is 0. The number of hydrogen-bond acceptors (Lipinski definition) is 5. The van der Waals surface area contributed by atoms with Gasteiger partial charge >= 0.3 is 65.1 Å². The topological polar surface area (TPSA) is 89.5 Å². The Labute approximate surface area is 172 Å². The largest absolute Gasteiger partial charge is 1.00 e. The maximum atomic E-state index is 10.8. The third kappa shape index (κ3) is 8.58. The molecule has 0 atom stereocenters. The van der Waals surface area contributed by atoms with Gasteiger partial charge in [0.05, 0.1) is 18.6 Å². The smallest absolute Gasteiger partial charge is 0.872 e. The molecule has 0 aromatic heterocycles. The molecule has 0 aliphatic rings. The van der Waals surface area contributed by atoms with Crippen molar-refractivity contribution in [1.82, 2.24) is 0 Å². The molecular weight excluding hydrogens is 306 g/mol. The molecule has 5 nitrogen and oxygen atoms in total. The van der Waals surface area contributed by atoms with Crippen LogP contribution < -0.4 is 69.3 Å². The maximum absolute atomic E-state index is 10.8. The van der Waals surface area contributed by atoms with E-state index in [-0.39, 0.29) is 70.4 Å². The van der Waals surface area contributed by atoms with Crippen molar-refractivity contribution in [3.05, 3.63) is 65.7 Å². The SMILES string of the molecule is COC(=O)c1ccc([O-])cc1.O=C([O-])c1ccccc1.[Na+].[Na+]. The van der Waals surface area contributed by atoms with Crippen molar-refractivity contribution in [2.45, 2.75) is 0 Å². The van der Waals surface area contributed by atoms with Crippen LogP contribution >= 0.6 is 0 Å². The summed E-state index contributed by atoms with van der Waals surface area (Å²) in [5, 5.41) is 20.7. The van der Waals surface area contributed by atoms with E-state index in [1.807, 2.05) is 0 Å². The molecule has 0 aliphatic heterocycles. The fourth-order valence-corrected chi connectivity index (χ4v) is 1.28. The molecule has 0 spiro atoms. The third-order valence-electron chi connectivity index (χ3n) is 2.28. The van der Waals surface area contributed by atoms with E-state index < -0.39 is 11.9 Å². The van der Waals surface area contributed by atoms with Crippen LogP contribution in [0.25, 0.3) is 0 Å². The number of carbonyl (C=O) groups is 2. The van der Waals surface area contributed by atoms with Crippen LogP contribution in [0.1, 0.15) is 20.7 Å². The average Bonchev–Trinajstić information content (AvgIpc) is 2.49. The zero-order chi connectivity index (χ0) is 15.0. The minimum atomic E-state index is -1.13. The van der Waals surface area contributed by atoms with E-state index >= 15 is 0 Å². The van der Waals surface area contributed by atoms with E-state index in [0.717, 1.165) is 0 Å². The predicted molar refractivity (Wildman–Crippen MR) is 68.0 cm³/mol. The average molecular weight is 318 g/mol. The monoisotopic (exact) mass is 318 g/mol. The van der Waals surface area contributed by atoms with Gasteiger partial charge in [-0.3, -0.25) is 0 Å². The fourth-order valence-electron chi connectivity index (χ4n) is 1.28. The summed E-state index contributed by atoms with van der Waals surface area (Å²) in [6, 6.07) is 13.6. The van der Waals surface area contributed by atoms with Gasteiger partial charge in [-0.25, -0.2) is 4.79 Å². The van der Waals surface area contributed by atoms with Gasteiger partial charge in [-0.2, -0.15) is 0 Å². The molecule has 22 heavy (non-hydrogen) atoms. The molecule has 104 valence electrons. The molecule has 0 saturated heterocycles. The van der Waals surface area contributed by atoms with Gasteiger partial charge in [0.1, 0.15) is 0 Å². The second-order valence-electron chi connectivity index (χ2n) is 3.67. The fraction of sp³-hybridized carbons (Fsp3) is 0.0667. The molecule has 0 bridgehead atoms. The number of rotatable bonds is 2. The Balaban J connectivity index is 0. The Kier molecular flexibility index (Phi) is 13.5. The van der Waals surface area contributed by atoms with Crippen molar-refractivity contribution in [3.8, 4) is 5.75 Å². The maximum Gasteiger partial charge on any atom is 1.00 e. The quantitative estimate of drug-likeness (QED) is 0.407. The Morgan fingerprint density at radius 3 is 1.73 bits per heavy atom. The number of carboxylic acid groups (broad SMARTS) is 1. The summed E-state index contributed by atoms with van der Waals surface area (Å²) in [5.74, 6) is -1.67. The molecule has 0 heterocycles. The molecule has 2 aromatic carbocycles. The van der Waals surface area contributed by atoms with Crippen molar-refractivity contribution in [1.29, 1.82) is 0 Å². The van der Waals surface area contributed by atoms with Gasteiger partial charge in [0, 0.05) is 0 Å². The van der Waals surface area contributed by atoms with Crippen LogP contribution in [-0.4, -0.2) is 19.0 Å². The van der Waals surface area contributed by atoms with Gasteiger partial charge in [0.2, 0.25) is 0 Å². The molecular formula is C15H12Na2O5. The number of hydrogen-bond donors (Lipinski definition) is 0. The van der Waals surface area contributed by atoms with Gasteiger partial charge in [-0.1, -0.05) is 42.5 Å². The Hall–Kier alpha value is -0.820. The van der Waals surface area contributed by atoms with Crippen LogP contribution in [0.2, 0.25) is 0 Å². The first-order valence-corrected chi connectivity index (χ1v) is 5.66. The van der Waals surface area contributed by atoms with E-state index in [4.69, 9.17) is 0 Å². The number of ether oxygens (including phenoxy) is 1. The first kappa shape index (κ1) is 23.4. The summed E-state index contributed by atoms with van der Waals surface area (Å²) < 4.78 is 4.44. The van der Waals surface area contributed by atoms with Crippen LogP contribution in [0.15, 0.2) is 54.6 Å². The minimum Gasteiger partial charge on any atom is -0.872 e. The number of methoxy groups -OCH3 is 1. The third-order valence-corrected chi connectivity index (χ3v) is 2.28. The van der Waals surface area contributed by atoms with Crippen molar-refractivity contribution < 1.29 is 83.7 Å². The molecule has 0 radical (unpaired) electrons. The summed E-state index contributed by atoms with van der Waals surface area (Å²) in [6.07, 6.45) is 0. The summed E-state index contributed by atoms with van der Waals surface area (Å²) in [7, 11) is 1.30. The van der Waals surface area contributed by atoms with E-state index in [1.165, 1.54) is 43.5 Å². The number of carboxylic acids is 1. The molecule has 0 saturated carbocycles. The Bertz CT molecular complexity index is 570. The number of aromatic carboxylic acids is 1. The van der Waals surface area contributed by atoms with Crippen molar-refractivity contribution in [2.24, 2.45) is 0 Å². The molecule has 0 N–H and O–H groups in total. The molecule has 7 heteroatoms. The summed E-state index contributed by atoms with van der Waals surface area (Å²) in [4.78, 5) is 20.9. The van der Waals surface area contributed by atoms with E-state index in [1.54, 1.807) is 18.2 Å². The van der Waals surface area contributed by atoms with E-state index in [9.17, 15) is 19.8 Å². The molecule has 0 fully saturated rings. The summed E-state index contributed by atoms with van der Waals surface area (Å²) >= 11 is 0. The standard InChI is InChI=1S/C8H8O3.C7H6O2.2Na/c1-11-8(10)6-2-4-7(9)5-3-6;8-7(9)6-4-2-1-3-5-6;;/h2-5,9H,1H3;1-5H,(H,8,9);;/q;;2*+1/p-2. The second-order valence-corrected chi connectivity index (χ2v) is 3.67. The van der Waals surface area contributed by atoms with E-state index in [0.29, 0.717) is 5.56 Å². The molecule has 0 amide bonds. The molecule has 2 rings (SSSR count). The van der Waals surface area contributed by atoms with Gasteiger partial charge in [0.25, 0.3) is 0 Å². The Morgan fingerprint density at radius 1 is 0.864 bits per heavy atom. The van der Waals surface area contributed by atoms with Crippen molar-refractivity contribution in [3.63, 3.8) is 0 Å². The number of carbonyl (C=O) groups excluding carboxylic acids is 2. The Morgan fingerprint density at radius 2 is 1.36 bits per heavy atom. The van der Waals surface area contributed by atoms with Gasteiger partial charge < -0.3 is 19.7 Å². The molecule has 0 aliphatic carbocycles. The van der Waals surface area contributed by atoms with Gasteiger partial charge in [-0.15, -0.1) is 5.75 Å².